The van der Waals surface area contributed by atoms with E-state index in [-0.39, 0.29) is 0 Å². The van der Waals surface area contributed by atoms with Crippen LogP contribution in [0.1, 0.15) is 24.5 Å². The second-order valence-electron chi connectivity index (χ2n) is 4.71. The predicted octanol–water partition coefficient (Wildman–Crippen LogP) is 5.27. The van der Waals surface area contributed by atoms with Crippen LogP contribution in [0.4, 0.5) is 0 Å². The SMILES string of the molecule is CC[C](c1cccnc1)c1ccc(Cl)c2ccccc12. The van der Waals surface area contributed by atoms with Crippen LogP contribution in [0.5, 0.6) is 0 Å². The van der Waals surface area contributed by atoms with Gasteiger partial charge in [-0.05, 0) is 35.1 Å². The van der Waals surface area contributed by atoms with E-state index in [4.69, 9.17) is 11.6 Å². The summed E-state index contributed by atoms with van der Waals surface area (Å²) in [7, 11) is 0. The highest BCUT2D eigenvalue weighted by Gasteiger charge is 2.16. The van der Waals surface area contributed by atoms with E-state index in [2.05, 4.69) is 42.2 Å². The van der Waals surface area contributed by atoms with Gasteiger partial charge in [0, 0.05) is 28.7 Å². The van der Waals surface area contributed by atoms with E-state index in [0.29, 0.717) is 0 Å². The molecule has 0 aliphatic heterocycles. The van der Waals surface area contributed by atoms with Gasteiger partial charge in [0.15, 0.2) is 0 Å². The van der Waals surface area contributed by atoms with Gasteiger partial charge in [-0.2, -0.15) is 0 Å². The van der Waals surface area contributed by atoms with Gasteiger partial charge in [0.1, 0.15) is 0 Å². The monoisotopic (exact) mass is 280 g/mol. The Labute approximate surface area is 124 Å². The molecule has 0 N–H and O–H groups in total. The minimum Gasteiger partial charge on any atom is -0.264 e. The summed E-state index contributed by atoms with van der Waals surface area (Å²) in [6.45, 7) is 2.17. The Bertz CT molecular complexity index is 722. The number of hydrogen-bond acceptors (Lipinski definition) is 1. The van der Waals surface area contributed by atoms with Crippen molar-refractivity contribution in [3.05, 3.63) is 83.0 Å². The quantitative estimate of drug-likeness (QED) is 0.637. The van der Waals surface area contributed by atoms with Crippen molar-refractivity contribution in [2.24, 2.45) is 0 Å². The van der Waals surface area contributed by atoms with Crippen molar-refractivity contribution in [1.82, 2.24) is 4.98 Å². The molecule has 0 saturated carbocycles. The van der Waals surface area contributed by atoms with Gasteiger partial charge in [0.05, 0.1) is 0 Å². The van der Waals surface area contributed by atoms with Gasteiger partial charge >= 0.3 is 0 Å². The molecule has 1 radical (unpaired) electrons. The lowest BCUT2D eigenvalue weighted by Gasteiger charge is -2.17. The van der Waals surface area contributed by atoms with E-state index >= 15 is 0 Å². The average Bonchev–Trinajstić information content (AvgIpc) is 2.52. The maximum Gasteiger partial charge on any atom is 0.0484 e. The highest BCUT2D eigenvalue weighted by molar-refractivity contribution is 6.35. The first-order valence-corrected chi connectivity index (χ1v) is 7.13. The van der Waals surface area contributed by atoms with Crippen LogP contribution in [0.25, 0.3) is 10.8 Å². The summed E-state index contributed by atoms with van der Waals surface area (Å²) in [5.41, 5.74) is 2.41. The summed E-state index contributed by atoms with van der Waals surface area (Å²) in [6, 6.07) is 16.4. The zero-order chi connectivity index (χ0) is 13.9. The third kappa shape index (κ3) is 2.30. The van der Waals surface area contributed by atoms with Gasteiger partial charge in [0.25, 0.3) is 0 Å². The zero-order valence-corrected chi connectivity index (χ0v) is 12.1. The fraction of sp³-hybridized carbons (Fsp3) is 0.111. The molecule has 0 saturated heterocycles. The molecule has 2 aromatic carbocycles. The Morgan fingerprint density at radius 1 is 1.00 bits per heavy atom. The van der Waals surface area contributed by atoms with Crippen LogP contribution in [-0.2, 0) is 0 Å². The lowest BCUT2D eigenvalue weighted by molar-refractivity contribution is 0.988. The molecule has 0 spiro atoms. The van der Waals surface area contributed by atoms with Crippen LogP contribution >= 0.6 is 11.6 Å². The molecule has 0 bridgehead atoms. The molecule has 0 fully saturated rings. The summed E-state index contributed by atoms with van der Waals surface area (Å²) in [5.74, 6) is 1.30. The molecule has 2 heteroatoms. The second-order valence-corrected chi connectivity index (χ2v) is 5.12. The first-order valence-electron chi connectivity index (χ1n) is 6.75. The van der Waals surface area contributed by atoms with Crippen molar-refractivity contribution in [3.63, 3.8) is 0 Å². The van der Waals surface area contributed by atoms with Crippen LogP contribution in [0.3, 0.4) is 0 Å². The zero-order valence-electron chi connectivity index (χ0n) is 11.3. The average molecular weight is 281 g/mol. The van der Waals surface area contributed by atoms with Crippen molar-refractivity contribution < 1.29 is 0 Å². The summed E-state index contributed by atoms with van der Waals surface area (Å²) in [5, 5.41) is 3.09. The van der Waals surface area contributed by atoms with Crippen LogP contribution < -0.4 is 0 Å². The van der Waals surface area contributed by atoms with E-state index in [1.54, 1.807) is 6.20 Å². The fourth-order valence-corrected chi connectivity index (χ4v) is 2.84. The molecular formula is C18H15ClN. The Kier molecular flexibility index (Phi) is 3.70. The number of aromatic nitrogens is 1. The Hall–Kier alpha value is -1.86. The molecule has 20 heavy (non-hydrogen) atoms. The molecule has 1 heterocycles. The van der Waals surface area contributed by atoms with Crippen LogP contribution in [-0.4, -0.2) is 4.98 Å². The molecule has 1 aromatic heterocycles. The standard InChI is InChI=1S/C18H15ClN/c1-2-14(13-6-5-11-20-12-13)16-9-10-18(19)17-8-4-3-7-15(16)17/h3-12H,2H2,1H3. The highest BCUT2D eigenvalue weighted by atomic mass is 35.5. The third-order valence-corrected chi connectivity index (χ3v) is 3.89. The van der Waals surface area contributed by atoms with Crippen LogP contribution in [0, 0.1) is 5.92 Å². The summed E-state index contributed by atoms with van der Waals surface area (Å²) in [4.78, 5) is 4.23. The van der Waals surface area contributed by atoms with E-state index in [0.717, 1.165) is 16.8 Å². The second kappa shape index (κ2) is 5.64. The number of hydrogen-bond donors (Lipinski definition) is 0. The van der Waals surface area contributed by atoms with Gasteiger partial charge in [-0.1, -0.05) is 54.9 Å². The maximum absolute atomic E-state index is 6.30. The van der Waals surface area contributed by atoms with Crippen molar-refractivity contribution in [1.29, 1.82) is 0 Å². The summed E-state index contributed by atoms with van der Waals surface area (Å²) < 4.78 is 0. The molecule has 99 valence electrons. The first-order chi connectivity index (χ1) is 9.81. The minimum absolute atomic E-state index is 0.797. The molecule has 3 rings (SSSR count). The molecule has 0 unspecified atom stereocenters. The largest absolute Gasteiger partial charge is 0.264 e. The van der Waals surface area contributed by atoms with Crippen molar-refractivity contribution in [2.45, 2.75) is 13.3 Å². The number of rotatable bonds is 3. The summed E-state index contributed by atoms with van der Waals surface area (Å²) >= 11 is 6.30. The number of pyridine rings is 1. The Morgan fingerprint density at radius 2 is 1.80 bits per heavy atom. The lowest BCUT2D eigenvalue weighted by atomic mass is 9.87. The van der Waals surface area contributed by atoms with Gasteiger partial charge in [-0.25, -0.2) is 0 Å². The molecule has 1 nitrogen and oxygen atoms in total. The number of benzene rings is 2. The smallest absolute Gasteiger partial charge is 0.0484 e. The van der Waals surface area contributed by atoms with Crippen molar-refractivity contribution in [3.8, 4) is 0 Å². The van der Waals surface area contributed by atoms with Crippen LogP contribution in [0.2, 0.25) is 5.02 Å². The van der Waals surface area contributed by atoms with Crippen LogP contribution in [0.15, 0.2) is 60.9 Å². The topological polar surface area (TPSA) is 12.9 Å². The van der Waals surface area contributed by atoms with E-state index in [1.165, 1.54) is 22.4 Å². The Balaban J connectivity index is 2.21. The van der Waals surface area contributed by atoms with E-state index in [1.807, 2.05) is 24.4 Å². The maximum atomic E-state index is 6.30. The fourth-order valence-electron chi connectivity index (χ4n) is 2.62. The normalized spacial score (nSPS) is 11.2. The first kappa shape index (κ1) is 13.1. The molecule has 0 aliphatic carbocycles. The molecule has 0 amide bonds. The minimum atomic E-state index is 0.797. The van der Waals surface area contributed by atoms with Gasteiger partial charge < -0.3 is 0 Å². The third-order valence-electron chi connectivity index (χ3n) is 3.56. The predicted molar refractivity (Wildman–Crippen MR) is 84.9 cm³/mol. The van der Waals surface area contributed by atoms with Crippen molar-refractivity contribution in [2.75, 3.05) is 0 Å². The van der Waals surface area contributed by atoms with Crippen molar-refractivity contribution >= 4 is 22.4 Å². The molecule has 3 aromatic rings. The molecule has 0 aliphatic rings. The van der Waals surface area contributed by atoms with Gasteiger partial charge in [-0.3, -0.25) is 4.98 Å². The highest BCUT2D eigenvalue weighted by Crippen LogP contribution is 2.34. The number of halogens is 1. The van der Waals surface area contributed by atoms with E-state index < -0.39 is 0 Å². The number of nitrogens with zero attached hydrogens (tertiary/aromatic N) is 1. The lowest BCUT2D eigenvalue weighted by Crippen LogP contribution is -2.02. The number of fused-ring (bicyclic) bond motifs is 1. The molecule has 0 atom stereocenters. The van der Waals surface area contributed by atoms with Gasteiger partial charge in [-0.15, -0.1) is 0 Å². The van der Waals surface area contributed by atoms with E-state index in [9.17, 15) is 0 Å². The molecular weight excluding hydrogens is 266 g/mol. The van der Waals surface area contributed by atoms with Gasteiger partial charge in [0.2, 0.25) is 0 Å². The Morgan fingerprint density at radius 3 is 2.50 bits per heavy atom. The summed E-state index contributed by atoms with van der Waals surface area (Å²) in [6.07, 6.45) is 4.68.